The molecule has 1 aliphatic rings. The minimum absolute atomic E-state index is 0.0326. The van der Waals surface area contributed by atoms with Crippen LogP contribution >= 0.6 is 11.6 Å². The molecule has 28 heavy (non-hydrogen) atoms. The van der Waals surface area contributed by atoms with Gasteiger partial charge in [-0.2, -0.15) is 0 Å². The van der Waals surface area contributed by atoms with Gasteiger partial charge >= 0.3 is 5.97 Å². The molecule has 1 atom stereocenters. The van der Waals surface area contributed by atoms with E-state index < -0.39 is 5.97 Å². The molecule has 2 N–H and O–H groups in total. The van der Waals surface area contributed by atoms with E-state index in [4.69, 9.17) is 16.7 Å². The summed E-state index contributed by atoms with van der Waals surface area (Å²) in [7, 11) is 0. The molecule has 5 nitrogen and oxygen atoms in total. The van der Waals surface area contributed by atoms with E-state index in [9.17, 15) is 9.59 Å². The molecule has 0 aliphatic carbocycles. The van der Waals surface area contributed by atoms with Gasteiger partial charge in [0.2, 0.25) is 5.91 Å². The van der Waals surface area contributed by atoms with Crippen LogP contribution in [0.25, 0.3) is 5.70 Å². The van der Waals surface area contributed by atoms with Gasteiger partial charge in [0.15, 0.2) is 0 Å². The Hall–Kier alpha value is -2.79. The largest absolute Gasteiger partial charge is 0.481 e. The van der Waals surface area contributed by atoms with Crippen molar-refractivity contribution in [2.45, 2.75) is 38.6 Å². The summed E-state index contributed by atoms with van der Waals surface area (Å²) in [5, 5.41) is 11.0. The van der Waals surface area contributed by atoms with Crippen LogP contribution in [0.1, 0.15) is 48.9 Å². The van der Waals surface area contributed by atoms with Crippen molar-refractivity contribution in [3.8, 4) is 0 Å². The van der Waals surface area contributed by atoms with Crippen LogP contribution in [-0.2, 0) is 16.0 Å². The summed E-state index contributed by atoms with van der Waals surface area (Å²) in [5.41, 5.74) is 7.08. The number of hydrazine groups is 1. The van der Waals surface area contributed by atoms with Gasteiger partial charge in [-0.1, -0.05) is 61.0 Å². The smallest absolute Gasteiger partial charge is 0.303 e. The molecule has 2 aromatic rings. The van der Waals surface area contributed by atoms with Gasteiger partial charge in [0.05, 0.1) is 5.70 Å². The number of nitrogens with one attached hydrogen (secondary N) is 1. The molecule has 0 saturated heterocycles. The van der Waals surface area contributed by atoms with E-state index in [1.807, 2.05) is 36.4 Å². The van der Waals surface area contributed by atoms with E-state index in [1.165, 1.54) is 5.56 Å². The van der Waals surface area contributed by atoms with E-state index in [-0.39, 0.29) is 24.8 Å². The van der Waals surface area contributed by atoms with E-state index in [0.29, 0.717) is 11.4 Å². The molecular formula is C22H23ClN2O3. The third-order valence-corrected chi connectivity index (χ3v) is 5.13. The van der Waals surface area contributed by atoms with Crippen molar-refractivity contribution in [3.05, 3.63) is 76.3 Å². The lowest BCUT2D eigenvalue weighted by Crippen LogP contribution is -2.39. The first-order valence-corrected chi connectivity index (χ1v) is 9.73. The Balaban J connectivity index is 1.87. The molecule has 0 aromatic heterocycles. The Labute approximate surface area is 169 Å². The fraction of sp³-hybridized carbons (Fsp3) is 0.273. The third-order valence-electron chi connectivity index (χ3n) is 4.79. The molecule has 0 bridgehead atoms. The third kappa shape index (κ3) is 4.54. The van der Waals surface area contributed by atoms with E-state index in [2.05, 4.69) is 24.5 Å². The van der Waals surface area contributed by atoms with Crippen LogP contribution in [0.3, 0.4) is 0 Å². The van der Waals surface area contributed by atoms with Crippen LogP contribution in [0, 0.1) is 0 Å². The standard InChI is InChI=1S/C22H23ClN2O3/c1-2-15-10-12-16(13-11-15)19-14-20(17-6-3-4-7-18(17)23)25(24-19)21(26)8-5-9-22(27)28/h3-4,6-7,10-14,20,24H,2,5,8-9H2,1H3,(H,27,28)/t20-/m1/s1. The van der Waals surface area contributed by atoms with E-state index in [0.717, 1.165) is 23.2 Å². The van der Waals surface area contributed by atoms with Gasteiger partial charge in [0.25, 0.3) is 0 Å². The van der Waals surface area contributed by atoms with Gasteiger partial charge in [-0.05, 0) is 41.7 Å². The fourth-order valence-electron chi connectivity index (χ4n) is 3.22. The Morgan fingerprint density at radius 1 is 1.11 bits per heavy atom. The predicted octanol–water partition coefficient (Wildman–Crippen LogP) is 4.59. The number of rotatable bonds is 7. The molecule has 1 aliphatic heterocycles. The van der Waals surface area contributed by atoms with Crippen molar-refractivity contribution in [2.24, 2.45) is 0 Å². The first-order valence-electron chi connectivity index (χ1n) is 9.35. The van der Waals surface area contributed by atoms with Crippen molar-refractivity contribution >= 4 is 29.2 Å². The average Bonchev–Trinajstić information content (AvgIpc) is 3.13. The lowest BCUT2D eigenvalue weighted by atomic mass is 10.0. The summed E-state index contributed by atoms with van der Waals surface area (Å²) in [6.45, 7) is 2.10. The highest BCUT2D eigenvalue weighted by Crippen LogP contribution is 2.35. The predicted molar refractivity (Wildman–Crippen MR) is 109 cm³/mol. The highest BCUT2D eigenvalue weighted by molar-refractivity contribution is 6.31. The molecule has 0 spiro atoms. The summed E-state index contributed by atoms with van der Waals surface area (Å²) in [4.78, 5) is 23.5. The average molecular weight is 399 g/mol. The second-order valence-electron chi connectivity index (χ2n) is 6.72. The number of halogens is 1. The second-order valence-corrected chi connectivity index (χ2v) is 7.13. The number of carbonyl (C=O) groups is 2. The number of amides is 1. The second kappa shape index (κ2) is 8.93. The monoisotopic (exact) mass is 398 g/mol. The maximum atomic E-state index is 12.8. The maximum absolute atomic E-state index is 12.8. The van der Waals surface area contributed by atoms with Crippen molar-refractivity contribution < 1.29 is 14.7 Å². The molecule has 0 fully saturated rings. The zero-order valence-corrected chi connectivity index (χ0v) is 16.4. The summed E-state index contributed by atoms with van der Waals surface area (Å²) in [6, 6.07) is 15.3. The molecule has 146 valence electrons. The number of nitrogens with zero attached hydrogens (tertiary/aromatic N) is 1. The minimum Gasteiger partial charge on any atom is -0.481 e. The molecular weight excluding hydrogens is 376 g/mol. The number of aryl methyl sites for hydroxylation is 1. The van der Waals surface area contributed by atoms with Gasteiger partial charge in [-0.15, -0.1) is 0 Å². The molecule has 1 heterocycles. The number of hydrogen-bond acceptors (Lipinski definition) is 3. The fourth-order valence-corrected chi connectivity index (χ4v) is 3.47. The van der Waals surface area contributed by atoms with Crippen LogP contribution in [0.4, 0.5) is 0 Å². The summed E-state index contributed by atoms with van der Waals surface area (Å²) in [5.74, 6) is -1.07. The molecule has 2 aromatic carbocycles. The zero-order chi connectivity index (χ0) is 20.1. The first-order chi connectivity index (χ1) is 13.5. The lowest BCUT2D eigenvalue weighted by Gasteiger charge is -2.26. The summed E-state index contributed by atoms with van der Waals surface area (Å²) >= 11 is 6.38. The van der Waals surface area contributed by atoms with E-state index in [1.54, 1.807) is 11.1 Å². The van der Waals surface area contributed by atoms with Crippen molar-refractivity contribution in [2.75, 3.05) is 0 Å². The highest BCUT2D eigenvalue weighted by Gasteiger charge is 2.31. The number of benzene rings is 2. The van der Waals surface area contributed by atoms with Crippen molar-refractivity contribution in [1.82, 2.24) is 10.4 Å². The topological polar surface area (TPSA) is 69.6 Å². The van der Waals surface area contributed by atoms with Crippen molar-refractivity contribution in [3.63, 3.8) is 0 Å². The molecule has 0 radical (unpaired) electrons. The number of hydrogen-bond donors (Lipinski definition) is 2. The number of carboxylic acids is 1. The summed E-state index contributed by atoms with van der Waals surface area (Å²) < 4.78 is 0. The maximum Gasteiger partial charge on any atom is 0.303 e. The molecule has 6 heteroatoms. The Morgan fingerprint density at radius 3 is 2.46 bits per heavy atom. The van der Waals surface area contributed by atoms with Gasteiger partial charge in [-0.25, -0.2) is 5.01 Å². The van der Waals surface area contributed by atoms with Crippen molar-refractivity contribution in [1.29, 1.82) is 0 Å². The Kier molecular flexibility index (Phi) is 6.37. The molecule has 0 saturated carbocycles. The van der Waals surface area contributed by atoms with Crippen LogP contribution in [0.15, 0.2) is 54.6 Å². The number of carbonyl (C=O) groups excluding carboxylic acids is 1. The Bertz CT molecular complexity index is 893. The zero-order valence-electron chi connectivity index (χ0n) is 15.7. The first kappa shape index (κ1) is 20.0. The molecule has 3 rings (SSSR count). The SMILES string of the molecule is CCc1ccc(C2=C[C@H](c3ccccc3Cl)N(C(=O)CCCC(=O)O)N2)cc1. The Morgan fingerprint density at radius 2 is 1.82 bits per heavy atom. The minimum atomic E-state index is -0.903. The van der Waals surface area contributed by atoms with E-state index >= 15 is 0 Å². The number of aliphatic carboxylic acids is 1. The van der Waals surface area contributed by atoms with Crippen LogP contribution < -0.4 is 5.43 Å². The number of carboxylic acid groups (broad SMARTS) is 1. The van der Waals surface area contributed by atoms with Gasteiger partial charge in [-0.3, -0.25) is 15.0 Å². The highest BCUT2D eigenvalue weighted by atomic mass is 35.5. The normalized spacial score (nSPS) is 15.9. The lowest BCUT2D eigenvalue weighted by molar-refractivity contribution is -0.137. The molecule has 0 unspecified atom stereocenters. The van der Waals surface area contributed by atoms with Crippen LogP contribution in [-0.4, -0.2) is 22.0 Å². The quantitative estimate of drug-likeness (QED) is 0.715. The van der Waals surface area contributed by atoms with Crippen LogP contribution in [0.5, 0.6) is 0 Å². The van der Waals surface area contributed by atoms with Gasteiger partial charge in [0, 0.05) is 17.9 Å². The molecule has 1 amide bonds. The summed E-state index contributed by atoms with van der Waals surface area (Å²) in [6.07, 6.45) is 3.35. The van der Waals surface area contributed by atoms with Gasteiger partial charge < -0.3 is 5.11 Å². The van der Waals surface area contributed by atoms with Crippen LogP contribution in [0.2, 0.25) is 5.02 Å². The van der Waals surface area contributed by atoms with Gasteiger partial charge in [0.1, 0.15) is 6.04 Å².